The van der Waals surface area contributed by atoms with Crippen LogP contribution in [0.2, 0.25) is 0 Å². The van der Waals surface area contributed by atoms with Crippen LogP contribution >= 0.6 is 0 Å². The lowest BCUT2D eigenvalue weighted by molar-refractivity contribution is -0.151. The molecule has 0 spiro atoms. The van der Waals surface area contributed by atoms with Gasteiger partial charge in [0.1, 0.15) is 11.8 Å². The van der Waals surface area contributed by atoms with Crippen LogP contribution in [-0.2, 0) is 9.53 Å². The maximum Gasteiger partial charge on any atom is 0.306 e. The first kappa shape index (κ1) is 15.6. The van der Waals surface area contributed by atoms with Crippen molar-refractivity contribution >= 4 is 22.8 Å². The molecule has 1 aromatic heterocycles. The number of amides is 1. The predicted molar refractivity (Wildman–Crippen MR) is 88.2 cm³/mol. The molecule has 1 aromatic carbocycles. The van der Waals surface area contributed by atoms with Crippen molar-refractivity contribution < 1.29 is 14.3 Å². The summed E-state index contributed by atoms with van der Waals surface area (Å²) >= 11 is 0. The molecular weight excluding hydrogens is 292 g/mol. The van der Waals surface area contributed by atoms with Crippen molar-refractivity contribution in [2.45, 2.75) is 38.7 Å². The quantitative estimate of drug-likeness (QED) is 0.882. The number of likely N-dealkylation sites (tertiary alicyclic amines) is 1. The van der Waals surface area contributed by atoms with E-state index in [0.717, 1.165) is 30.2 Å². The van der Waals surface area contributed by atoms with Crippen LogP contribution in [-0.4, -0.2) is 41.0 Å². The summed E-state index contributed by atoms with van der Waals surface area (Å²) in [5, 5.41) is 1.03. The Kier molecular flexibility index (Phi) is 4.65. The van der Waals surface area contributed by atoms with Gasteiger partial charge in [0.2, 0.25) is 0 Å². The third-order valence-electron chi connectivity index (χ3n) is 4.18. The molecule has 1 unspecified atom stereocenters. The third kappa shape index (κ3) is 3.55. The lowest BCUT2D eigenvalue weighted by atomic mass is 10.1. The summed E-state index contributed by atoms with van der Waals surface area (Å²) in [6.45, 7) is 3.13. The lowest BCUT2D eigenvalue weighted by Gasteiger charge is -2.32. The summed E-state index contributed by atoms with van der Waals surface area (Å²) in [5.74, 6) is -0.199. The van der Waals surface area contributed by atoms with Gasteiger partial charge in [-0.25, -0.2) is 0 Å². The third-order valence-corrected chi connectivity index (χ3v) is 4.18. The topological polar surface area (TPSA) is 62.4 Å². The molecule has 5 heteroatoms. The number of fused-ring (bicyclic) bond motifs is 1. The number of aromatic amines is 1. The number of benzene rings is 1. The number of hydrogen-bond donors (Lipinski definition) is 1. The van der Waals surface area contributed by atoms with E-state index in [0.29, 0.717) is 25.2 Å². The summed E-state index contributed by atoms with van der Waals surface area (Å²) in [7, 11) is 0. The first-order valence-electron chi connectivity index (χ1n) is 8.24. The molecule has 1 amide bonds. The number of nitrogens with zero attached hydrogens (tertiary/aromatic N) is 1. The molecule has 1 fully saturated rings. The second-order valence-electron chi connectivity index (χ2n) is 6.03. The average molecular weight is 314 g/mol. The minimum Gasteiger partial charge on any atom is -0.460 e. The largest absolute Gasteiger partial charge is 0.460 e. The molecule has 1 N–H and O–H groups in total. The highest BCUT2D eigenvalue weighted by Gasteiger charge is 2.27. The molecule has 0 aliphatic carbocycles. The Balaban J connectivity index is 1.68. The molecule has 23 heavy (non-hydrogen) atoms. The number of piperidine rings is 1. The van der Waals surface area contributed by atoms with Crippen LogP contribution in [0.15, 0.2) is 30.3 Å². The van der Waals surface area contributed by atoms with E-state index >= 15 is 0 Å². The van der Waals surface area contributed by atoms with Crippen LogP contribution in [0.4, 0.5) is 0 Å². The Morgan fingerprint density at radius 1 is 1.35 bits per heavy atom. The Morgan fingerprint density at radius 2 is 2.17 bits per heavy atom. The number of carbonyl (C=O) groups is 2. The van der Waals surface area contributed by atoms with Crippen LogP contribution < -0.4 is 0 Å². The molecule has 3 rings (SSSR count). The molecule has 1 atom stereocenters. The zero-order valence-corrected chi connectivity index (χ0v) is 13.4. The van der Waals surface area contributed by atoms with Crippen LogP contribution in [0.3, 0.4) is 0 Å². The van der Waals surface area contributed by atoms with E-state index in [1.165, 1.54) is 0 Å². The minimum atomic E-state index is -0.184. The van der Waals surface area contributed by atoms with E-state index in [2.05, 4.69) is 4.98 Å². The van der Waals surface area contributed by atoms with Gasteiger partial charge in [-0.15, -0.1) is 0 Å². The van der Waals surface area contributed by atoms with Gasteiger partial charge in [-0.2, -0.15) is 0 Å². The van der Waals surface area contributed by atoms with E-state index in [-0.39, 0.29) is 18.0 Å². The van der Waals surface area contributed by atoms with E-state index < -0.39 is 0 Å². The Hall–Kier alpha value is -2.30. The van der Waals surface area contributed by atoms with Gasteiger partial charge in [-0.3, -0.25) is 9.59 Å². The number of ether oxygens (including phenoxy) is 1. The summed E-state index contributed by atoms with van der Waals surface area (Å²) in [6.07, 6.45) is 2.72. The molecule has 0 bridgehead atoms. The van der Waals surface area contributed by atoms with Gasteiger partial charge in [0, 0.05) is 23.9 Å². The first-order chi connectivity index (χ1) is 11.2. The molecule has 1 aliphatic rings. The van der Waals surface area contributed by atoms with Gasteiger partial charge >= 0.3 is 5.97 Å². The van der Waals surface area contributed by atoms with Gasteiger partial charge in [0.05, 0.1) is 6.54 Å². The standard InChI is InChI=1S/C18H22N2O3/c1-2-6-17(21)23-14-8-5-10-20(12-14)18(22)16-11-13-7-3-4-9-15(13)19-16/h3-4,7,9,11,14,19H,2,5-6,8,10,12H2,1H3. The summed E-state index contributed by atoms with van der Waals surface area (Å²) in [5.41, 5.74) is 1.55. The van der Waals surface area contributed by atoms with E-state index in [4.69, 9.17) is 4.74 Å². The Labute approximate surface area is 135 Å². The lowest BCUT2D eigenvalue weighted by Crippen LogP contribution is -2.44. The number of nitrogens with one attached hydrogen (secondary N) is 1. The summed E-state index contributed by atoms with van der Waals surface area (Å²) in [4.78, 5) is 29.3. The number of H-pyrrole nitrogens is 1. The number of esters is 1. The molecular formula is C18H22N2O3. The van der Waals surface area contributed by atoms with Gasteiger partial charge in [-0.05, 0) is 31.4 Å². The molecule has 2 aromatic rings. The van der Waals surface area contributed by atoms with Crippen LogP contribution in [0.1, 0.15) is 43.1 Å². The van der Waals surface area contributed by atoms with Gasteiger partial charge < -0.3 is 14.6 Å². The second kappa shape index (κ2) is 6.86. The van der Waals surface area contributed by atoms with Gasteiger partial charge in [-0.1, -0.05) is 25.1 Å². The maximum atomic E-state index is 12.7. The van der Waals surface area contributed by atoms with Crippen molar-refractivity contribution in [3.8, 4) is 0 Å². The fourth-order valence-corrected chi connectivity index (χ4v) is 3.03. The van der Waals surface area contributed by atoms with Gasteiger partial charge in [0.15, 0.2) is 0 Å². The van der Waals surface area contributed by atoms with Crippen molar-refractivity contribution in [3.63, 3.8) is 0 Å². The van der Waals surface area contributed by atoms with E-state index in [1.54, 1.807) is 4.90 Å². The molecule has 2 heterocycles. The van der Waals surface area contributed by atoms with Crippen LogP contribution in [0, 0.1) is 0 Å². The Bertz CT molecular complexity index is 674. The fraction of sp³-hybridized carbons (Fsp3) is 0.444. The minimum absolute atomic E-state index is 0.0301. The highest BCUT2D eigenvalue weighted by atomic mass is 16.5. The first-order valence-corrected chi connectivity index (χ1v) is 8.24. The molecule has 122 valence electrons. The monoisotopic (exact) mass is 314 g/mol. The highest BCUT2D eigenvalue weighted by Crippen LogP contribution is 2.19. The van der Waals surface area contributed by atoms with E-state index in [1.807, 2.05) is 37.3 Å². The fourth-order valence-electron chi connectivity index (χ4n) is 3.03. The van der Waals surface area contributed by atoms with Crippen LogP contribution in [0.5, 0.6) is 0 Å². The maximum absolute atomic E-state index is 12.7. The normalized spacial score (nSPS) is 18.1. The Morgan fingerprint density at radius 3 is 2.96 bits per heavy atom. The zero-order chi connectivity index (χ0) is 16.2. The van der Waals surface area contributed by atoms with Gasteiger partial charge in [0.25, 0.3) is 5.91 Å². The second-order valence-corrected chi connectivity index (χ2v) is 6.03. The highest BCUT2D eigenvalue weighted by molar-refractivity contribution is 5.98. The van der Waals surface area contributed by atoms with Crippen molar-refractivity contribution in [2.24, 2.45) is 0 Å². The molecule has 1 aliphatic heterocycles. The number of carbonyl (C=O) groups excluding carboxylic acids is 2. The van der Waals surface area contributed by atoms with Crippen molar-refractivity contribution in [2.75, 3.05) is 13.1 Å². The number of para-hydroxylation sites is 1. The van der Waals surface area contributed by atoms with Crippen molar-refractivity contribution in [3.05, 3.63) is 36.0 Å². The average Bonchev–Trinajstić information content (AvgIpc) is 2.98. The number of aromatic nitrogens is 1. The molecule has 1 saturated heterocycles. The van der Waals surface area contributed by atoms with Crippen molar-refractivity contribution in [1.82, 2.24) is 9.88 Å². The SMILES string of the molecule is CCCC(=O)OC1CCCN(C(=O)c2cc3ccccc3[nH]2)C1. The smallest absolute Gasteiger partial charge is 0.306 e. The predicted octanol–water partition coefficient (Wildman–Crippen LogP) is 3.12. The zero-order valence-electron chi connectivity index (χ0n) is 13.4. The van der Waals surface area contributed by atoms with E-state index in [9.17, 15) is 9.59 Å². The molecule has 0 saturated carbocycles. The van der Waals surface area contributed by atoms with Crippen LogP contribution in [0.25, 0.3) is 10.9 Å². The summed E-state index contributed by atoms with van der Waals surface area (Å²) < 4.78 is 5.46. The number of hydrogen-bond acceptors (Lipinski definition) is 3. The number of rotatable bonds is 4. The molecule has 0 radical (unpaired) electrons. The summed E-state index contributed by atoms with van der Waals surface area (Å²) in [6, 6.07) is 9.71. The molecule has 5 nitrogen and oxygen atoms in total. The van der Waals surface area contributed by atoms with Crippen molar-refractivity contribution in [1.29, 1.82) is 0 Å².